The average Bonchev–Trinajstić information content (AvgIpc) is 3.03. The van der Waals surface area contributed by atoms with Crippen LogP contribution < -0.4 is 9.47 Å². The van der Waals surface area contributed by atoms with E-state index in [-0.39, 0.29) is 23.9 Å². The molecule has 0 N–H and O–H groups in total. The molecule has 0 atom stereocenters. The van der Waals surface area contributed by atoms with Gasteiger partial charge in [0.15, 0.2) is 18.1 Å². The van der Waals surface area contributed by atoms with E-state index >= 15 is 0 Å². The van der Waals surface area contributed by atoms with Gasteiger partial charge in [0, 0.05) is 21.1 Å². The quantitative estimate of drug-likeness (QED) is 0.341. The van der Waals surface area contributed by atoms with Gasteiger partial charge in [0.05, 0.1) is 5.56 Å². The summed E-state index contributed by atoms with van der Waals surface area (Å²) in [7, 11) is 0. The molecule has 4 nitrogen and oxygen atoms in total. The smallest absolute Gasteiger partial charge is 0.231 e. The van der Waals surface area contributed by atoms with E-state index in [0.29, 0.717) is 27.6 Å². The van der Waals surface area contributed by atoms with Crippen LogP contribution in [0.2, 0.25) is 5.02 Å². The Morgan fingerprint density at radius 2 is 1.76 bits per heavy atom. The maximum atomic E-state index is 12.5. The minimum Gasteiger partial charge on any atom is -0.485 e. The Bertz CT molecular complexity index is 1120. The molecule has 0 aromatic heterocycles. The molecule has 0 saturated heterocycles. The van der Waals surface area contributed by atoms with Gasteiger partial charge in [-0.05, 0) is 48.0 Å². The van der Waals surface area contributed by atoms with Gasteiger partial charge in [-0.3, -0.25) is 9.59 Å². The molecule has 0 spiro atoms. The molecule has 29 heavy (non-hydrogen) atoms. The molecule has 1 heterocycles. The summed E-state index contributed by atoms with van der Waals surface area (Å²) in [6.07, 6.45) is 1.66. The zero-order valence-corrected chi connectivity index (χ0v) is 17.4. The first-order valence-electron chi connectivity index (χ1n) is 8.75. The summed E-state index contributed by atoms with van der Waals surface area (Å²) >= 11 is 9.22. The van der Waals surface area contributed by atoms with E-state index in [1.807, 2.05) is 0 Å². The molecule has 144 valence electrons. The van der Waals surface area contributed by atoms with Gasteiger partial charge in [-0.2, -0.15) is 0 Å². The number of benzene rings is 3. The number of carbonyl (C=O) groups excluding carboxylic acids is 2. The Morgan fingerprint density at radius 1 is 1.03 bits per heavy atom. The highest BCUT2D eigenvalue weighted by Crippen LogP contribution is 2.35. The molecule has 0 amide bonds. The highest BCUT2D eigenvalue weighted by Gasteiger charge is 2.27. The number of hydrogen-bond donors (Lipinski definition) is 0. The number of halogens is 2. The van der Waals surface area contributed by atoms with Gasteiger partial charge in [0.2, 0.25) is 5.78 Å². The summed E-state index contributed by atoms with van der Waals surface area (Å²) < 4.78 is 12.2. The van der Waals surface area contributed by atoms with Crippen LogP contribution in [0.15, 0.2) is 77.0 Å². The van der Waals surface area contributed by atoms with E-state index in [2.05, 4.69) is 15.9 Å². The lowest BCUT2D eigenvalue weighted by Gasteiger charge is -2.07. The van der Waals surface area contributed by atoms with E-state index in [4.69, 9.17) is 21.1 Å². The van der Waals surface area contributed by atoms with Crippen molar-refractivity contribution in [3.8, 4) is 11.5 Å². The fourth-order valence-electron chi connectivity index (χ4n) is 2.84. The molecule has 1 aliphatic rings. The lowest BCUT2D eigenvalue weighted by Crippen LogP contribution is -2.11. The third-order valence-corrected chi connectivity index (χ3v) is 5.13. The van der Waals surface area contributed by atoms with E-state index in [1.54, 1.807) is 72.8 Å². The Kier molecular flexibility index (Phi) is 5.51. The van der Waals surface area contributed by atoms with Gasteiger partial charge >= 0.3 is 0 Å². The first-order chi connectivity index (χ1) is 14.0. The highest BCUT2D eigenvalue weighted by atomic mass is 79.9. The number of rotatable bonds is 5. The van der Waals surface area contributed by atoms with Gasteiger partial charge in [-0.25, -0.2) is 0 Å². The fourth-order valence-corrected chi connectivity index (χ4v) is 3.23. The van der Waals surface area contributed by atoms with Gasteiger partial charge in [0.1, 0.15) is 11.5 Å². The van der Waals surface area contributed by atoms with Gasteiger partial charge in [-0.15, -0.1) is 0 Å². The predicted molar refractivity (Wildman–Crippen MR) is 115 cm³/mol. The number of ether oxygens (including phenoxy) is 2. The number of ketones is 2. The molecule has 0 aliphatic carbocycles. The molecule has 4 rings (SSSR count). The number of Topliss-reactive ketones (excluding diaryl/α,β-unsaturated/α-hetero) is 2. The van der Waals surface area contributed by atoms with Crippen molar-refractivity contribution in [1.29, 1.82) is 0 Å². The molecule has 1 aliphatic heterocycles. The van der Waals surface area contributed by atoms with Crippen molar-refractivity contribution in [3.63, 3.8) is 0 Å². The van der Waals surface area contributed by atoms with Crippen molar-refractivity contribution in [3.05, 3.63) is 98.7 Å². The summed E-state index contributed by atoms with van der Waals surface area (Å²) in [6.45, 7) is -0.109. The molecule has 0 unspecified atom stereocenters. The van der Waals surface area contributed by atoms with Crippen molar-refractivity contribution >= 4 is 45.2 Å². The SMILES string of the molecule is O=C(COc1ccc2c(c1)OC(=Cc1ccc(Cl)cc1)C2=O)c1ccc(Br)cc1. The van der Waals surface area contributed by atoms with Crippen molar-refractivity contribution in [1.82, 2.24) is 0 Å². The Balaban J connectivity index is 1.46. The van der Waals surface area contributed by atoms with Gasteiger partial charge < -0.3 is 9.47 Å². The number of carbonyl (C=O) groups is 2. The van der Waals surface area contributed by atoms with Crippen LogP contribution in [-0.2, 0) is 0 Å². The second-order valence-corrected chi connectivity index (χ2v) is 7.72. The van der Waals surface area contributed by atoms with Crippen LogP contribution in [0.1, 0.15) is 26.3 Å². The van der Waals surface area contributed by atoms with Crippen molar-refractivity contribution < 1.29 is 19.1 Å². The van der Waals surface area contributed by atoms with Crippen molar-refractivity contribution in [2.24, 2.45) is 0 Å². The lowest BCUT2D eigenvalue weighted by molar-refractivity contribution is 0.0921. The molecular weight excluding hydrogens is 456 g/mol. The van der Waals surface area contributed by atoms with Crippen LogP contribution in [0.3, 0.4) is 0 Å². The van der Waals surface area contributed by atoms with Crippen LogP contribution in [0.5, 0.6) is 11.5 Å². The molecule has 0 radical (unpaired) electrons. The fraction of sp³-hybridized carbons (Fsp3) is 0.0435. The number of hydrogen-bond acceptors (Lipinski definition) is 4. The first kappa shape index (κ1) is 19.4. The van der Waals surface area contributed by atoms with E-state index in [0.717, 1.165) is 10.0 Å². The van der Waals surface area contributed by atoms with E-state index < -0.39 is 0 Å². The summed E-state index contributed by atoms with van der Waals surface area (Å²) in [5, 5.41) is 0.619. The van der Waals surface area contributed by atoms with Crippen LogP contribution in [0.25, 0.3) is 6.08 Å². The number of allylic oxidation sites excluding steroid dienone is 1. The molecule has 0 saturated carbocycles. The van der Waals surface area contributed by atoms with Crippen molar-refractivity contribution in [2.45, 2.75) is 0 Å². The first-order valence-corrected chi connectivity index (χ1v) is 9.92. The van der Waals surface area contributed by atoms with Crippen LogP contribution in [0.4, 0.5) is 0 Å². The molecule has 0 fully saturated rings. The zero-order chi connectivity index (χ0) is 20.4. The minimum atomic E-state index is -0.201. The summed E-state index contributed by atoms with van der Waals surface area (Å²) in [6, 6.07) is 19.1. The number of fused-ring (bicyclic) bond motifs is 1. The monoisotopic (exact) mass is 468 g/mol. The Hall–Kier alpha value is -2.89. The molecular formula is C23H14BrClO4. The zero-order valence-electron chi connectivity index (χ0n) is 15.0. The molecule has 3 aromatic carbocycles. The van der Waals surface area contributed by atoms with Crippen molar-refractivity contribution in [2.75, 3.05) is 6.61 Å². The van der Waals surface area contributed by atoms with Gasteiger partial charge in [-0.1, -0.05) is 51.8 Å². The van der Waals surface area contributed by atoms with E-state index in [1.165, 1.54) is 0 Å². The van der Waals surface area contributed by atoms with Crippen LogP contribution in [0, 0.1) is 0 Å². The third-order valence-electron chi connectivity index (χ3n) is 4.35. The molecule has 6 heteroatoms. The standard InChI is InChI=1S/C23H14BrClO4/c24-16-5-3-15(4-6-16)20(26)13-28-18-9-10-19-21(12-18)29-22(23(19)27)11-14-1-7-17(25)8-2-14/h1-12H,13H2. The molecule has 0 bridgehead atoms. The normalized spacial score (nSPS) is 13.9. The Labute approximate surface area is 180 Å². The highest BCUT2D eigenvalue weighted by molar-refractivity contribution is 9.10. The maximum Gasteiger partial charge on any atom is 0.231 e. The lowest BCUT2D eigenvalue weighted by atomic mass is 10.1. The topological polar surface area (TPSA) is 52.6 Å². The molecule has 3 aromatic rings. The second-order valence-electron chi connectivity index (χ2n) is 6.37. The maximum absolute atomic E-state index is 12.5. The predicted octanol–water partition coefficient (Wildman–Crippen LogP) is 5.98. The van der Waals surface area contributed by atoms with E-state index in [9.17, 15) is 9.59 Å². The third kappa shape index (κ3) is 4.42. The average molecular weight is 470 g/mol. The van der Waals surface area contributed by atoms with Gasteiger partial charge in [0.25, 0.3) is 0 Å². The summed E-state index contributed by atoms with van der Waals surface area (Å²) in [5.41, 5.74) is 1.83. The largest absolute Gasteiger partial charge is 0.485 e. The van der Waals surface area contributed by atoms with Crippen LogP contribution in [-0.4, -0.2) is 18.2 Å². The summed E-state index contributed by atoms with van der Waals surface area (Å²) in [4.78, 5) is 24.8. The Morgan fingerprint density at radius 3 is 2.48 bits per heavy atom. The van der Waals surface area contributed by atoms with Crippen LogP contribution >= 0.6 is 27.5 Å². The minimum absolute atomic E-state index is 0.109. The summed E-state index contributed by atoms with van der Waals surface area (Å²) in [5.74, 6) is 0.745. The second kappa shape index (κ2) is 8.23.